The number of morpholine rings is 1. The van der Waals surface area contributed by atoms with Gasteiger partial charge in [-0.2, -0.15) is 0 Å². The van der Waals surface area contributed by atoms with Crippen molar-refractivity contribution in [3.63, 3.8) is 0 Å². The van der Waals surface area contributed by atoms with Gasteiger partial charge in [-0.3, -0.25) is 14.8 Å². The highest BCUT2D eigenvalue weighted by molar-refractivity contribution is 7.97. The lowest BCUT2D eigenvalue weighted by Gasteiger charge is -2.35. The number of phenolic OH excluding ortho intramolecular Hbond substituents is 1. The Morgan fingerprint density at radius 3 is 2.68 bits per heavy atom. The molecule has 4 rings (SSSR count). The van der Waals surface area contributed by atoms with Gasteiger partial charge in [0.05, 0.1) is 31.9 Å². The average molecular weight is 522 g/mol. The molecule has 1 heterocycles. The molecule has 3 aromatic carbocycles. The van der Waals surface area contributed by atoms with Crippen LogP contribution in [-0.4, -0.2) is 54.8 Å². The molecule has 37 heavy (non-hydrogen) atoms. The molecule has 0 saturated carbocycles. The fourth-order valence-corrected chi connectivity index (χ4v) is 4.71. The molecule has 1 unspecified atom stereocenters. The molecule has 3 aromatic rings. The van der Waals surface area contributed by atoms with E-state index in [-0.39, 0.29) is 17.7 Å². The van der Waals surface area contributed by atoms with Gasteiger partial charge in [-0.1, -0.05) is 30.3 Å². The first-order valence-corrected chi connectivity index (χ1v) is 12.9. The monoisotopic (exact) mass is 521 g/mol. The van der Waals surface area contributed by atoms with Crippen LogP contribution in [0.5, 0.6) is 5.75 Å². The van der Waals surface area contributed by atoms with Crippen LogP contribution in [0.25, 0.3) is 11.1 Å². The van der Waals surface area contributed by atoms with Crippen molar-refractivity contribution in [2.45, 2.75) is 30.4 Å². The molecule has 8 nitrogen and oxygen atoms in total. The largest absolute Gasteiger partial charge is 0.507 e. The summed E-state index contributed by atoms with van der Waals surface area (Å²) in [7, 11) is 1.34. The van der Waals surface area contributed by atoms with Crippen LogP contribution in [-0.2, 0) is 20.8 Å². The molecule has 1 aliphatic rings. The van der Waals surface area contributed by atoms with Gasteiger partial charge in [0.25, 0.3) is 0 Å². The second-order valence-electron chi connectivity index (χ2n) is 8.90. The Labute approximate surface area is 220 Å². The minimum absolute atomic E-state index is 0.118. The van der Waals surface area contributed by atoms with Gasteiger partial charge >= 0.3 is 5.97 Å². The van der Waals surface area contributed by atoms with Gasteiger partial charge < -0.3 is 19.9 Å². The third-order valence-electron chi connectivity index (χ3n) is 6.46. The summed E-state index contributed by atoms with van der Waals surface area (Å²) in [6.07, 6.45) is 0. The Bertz CT molecular complexity index is 1250. The van der Waals surface area contributed by atoms with Crippen LogP contribution in [0.3, 0.4) is 0 Å². The molecule has 0 bridgehead atoms. The van der Waals surface area contributed by atoms with Crippen LogP contribution in [0.1, 0.15) is 34.5 Å². The Morgan fingerprint density at radius 2 is 1.97 bits per heavy atom. The molecule has 0 aromatic heterocycles. The predicted octanol–water partition coefficient (Wildman–Crippen LogP) is 3.89. The summed E-state index contributed by atoms with van der Waals surface area (Å²) in [5.41, 5.74) is 3.99. The molecule has 0 spiro atoms. The molecule has 9 heteroatoms. The highest BCUT2D eigenvalue weighted by atomic mass is 32.2. The maximum absolute atomic E-state index is 13.2. The van der Waals surface area contributed by atoms with Crippen molar-refractivity contribution in [2.75, 3.05) is 26.9 Å². The fraction of sp³-hybridized carbons (Fsp3) is 0.286. The Morgan fingerprint density at radius 1 is 1.19 bits per heavy atom. The number of nitrogens with two attached hydrogens (primary N) is 1. The number of carbonyl (C=O) groups is 2. The minimum atomic E-state index is -0.441. The number of aromatic hydroxyl groups is 1. The van der Waals surface area contributed by atoms with Crippen LogP contribution in [0.2, 0.25) is 0 Å². The molecule has 0 aliphatic carbocycles. The maximum Gasteiger partial charge on any atom is 0.337 e. The molecule has 1 saturated heterocycles. The van der Waals surface area contributed by atoms with Gasteiger partial charge in [0.2, 0.25) is 5.91 Å². The first-order chi connectivity index (χ1) is 17.9. The number of nitrogens with one attached hydrogen (secondary N) is 1. The SMILES string of the molecule is COC(=O)c1ccc(C(C)NC(=O)[C@H]2COCCN2Cc2cccc(-c3ccc(SN)cc3O)c2)cc1. The summed E-state index contributed by atoms with van der Waals surface area (Å²) in [6, 6.07) is 19.6. The lowest BCUT2D eigenvalue weighted by Crippen LogP contribution is -2.53. The van der Waals surface area contributed by atoms with Crippen LogP contribution >= 0.6 is 11.9 Å². The molecular formula is C28H31N3O5S. The lowest BCUT2D eigenvalue weighted by molar-refractivity contribution is -0.133. The molecule has 1 amide bonds. The minimum Gasteiger partial charge on any atom is -0.507 e. The van der Waals surface area contributed by atoms with Crippen LogP contribution < -0.4 is 10.5 Å². The van der Waals surface area contributed by atoms with Gasteiger partial charge in [0.1, 0.15) is 11.8 Å². The molecule has 2 atom stereocenters. The molecule has 0 radical (unpaired) electrons. The molecule has 1 fully saturated rings. The number of phenols is 1. The van der Waals surface area contributed by atoms with Crippen molar-refractivity contribution >= 4 is 23.8 Å². The number of ether oxygens (including phenoxy) is 2. The second kappa shape index (κ2) is 12.2. The van der Waals surface area contributed by atoms with E-state index in [1.54, 1.807) is 18.2 Å². The van der Waals surface area contributed by atoms with E-state index < -0.39 is 12.0 Å². The Kier molecular flexibility index (Phi) is 8.83. The van der Waals surface area contributed by atoms with Crippen molar-refractivity contribution in [2.24, 2.45) is 5.14 Å². The zero-order chi connectivity index (χ0) is 26.4. The fourth-order valence-electron chi connectivity index (χ4n) is 4.39. The van der Waals surface area contributed by atoms with Gasteiger partial charge in [0, 0.05) is 23.5 Å². The molecular weight excluding hydrogens is 490 g/mol. The standard InChI is InChI=1S/C28H31N3O5S/c1-18(20-6-8-21(9-7-20)28(34)35-2)30-27(33)25-17-36-13-12-31(25)16-19-4-3-5-22(14-19)24-11-10-23(37-29)15-26(24)32/h3-11,14-15,18,25,32H,12-13,16-17,29H2,1-2H3,(H,30,33)/t18?,25-/m1/s1. The summed E-state index contributed by atoms with van der Waals surface area (Å²) < 4.78 is 10.4. The number of hydrogen-bond acceptors (Lipinski definition) is 8. The Balaban J connectivity index is 1.45. The van der Waals surface area contributed by atoms with E-state index in [0.717, 1.165) is 39.1 Å². The third-order valence-corrected chi connectivity index (χ3v) is 6.99. The third kappa shape index (κ3) is 6.50. The van der Waals surface area contributed by atoms with Crippen molar-refractivity contribution < 1.29 is 24.2 Å². The number of methoxy groups -OCH3 is 1. The second-order valence-corrected chi connectivity index (χ2v) is 9.61. The predicted molar refractivity (Wildman–Crippen MR) is 143 cm³/mol. The van der Waals surface area contributed by atoms with Gasteiger partial charge in [-0.15, -0.1) is 0 Å². The van der Waals surface area contributed by atoms with E-state index in [9.17, 15) is 14.7 Å². The number of rotatable bonds is 8. The van der Waals surface area contributed by atoms with Gasteiger partial charge in [0.15, 0.2) is 0 Å². The van der Waals surface area contributed by atoms with E-state index in [0.29, 0.717) is 31.9 Å². The topological polar surface area (TPSA) is 114 Å². The lowest BCUT2D eigenvalue weighted by atomic mass is 10.0. The van der Waals surface area contributed by atoms with Gasteiger partial charge in [-0.05, 0) is 72.0 Å². The van der Waals surface area contributed by atoms with E-state index in [2.05, 4.69) is 10.2 Å². The van der Waals surface area contributed by atoms with Crippen LogP contribution in [0.15, 0.2) is 71.6 Å². The van der Waals surface area contributed by atoms with Crippen molar-refractivity contribution in [1.29, 1.82) is 0 Å². The van der Waals surface area contributed by atoms with Crippen molar-refractivity contribution in [3.8, 4) is 16.9 Å². The number of esters is 1. The highest BCUT2D eigenvalue weighted by Gasteiger charge is 2.30. The molecule has 4 N–H and O–H groups in total. The van der Waals surface area contributed by atoms with E-state index >= 15 is 0 Å². The van der Waals surface area contributed by atoms with Crippen molar-refractivity contribution in [3.05, 3.63) is 83.4 Å². The first kappa shape index (κ1) is 26.7. The zero-order valence-electron chi connectivity index (χ0n) is 20.8. The number of benzene rings is 3. The van der Waals surface area contributed by atoms with E-state index in [1.807, 2.05) is 55.5 Å². The number of carbonyl (C=O) groups excluding carboxylic acids is 2. The number of hydrogen-bond donors (Lipinski definition) is 3. The summed E-state index contributed by atoms with van der Waals surface area (Å²) in [4.78, 5) is 27.8. The summed E-state index contributed by atoms with van der Waals surface area (Å²) in [5, 5.41) is 19.1. The maximum atomic E-state index is 13.2. The first-order valence-electron chi connectivity index (χ1n) is 12.0. The zero-order valence-corrected chi connectivity index (χ0v) is 21.7. The normalized spacial score (nSPS) is 16.7. The average Bonchev–Trinajstić information content (AvgIpc) is 2.93. The van der Waals surface area contributed by atoms with E-state index in [1.165, 1.54) is 7.11 Å². The summed E-state index contributed by atoms with van der Waals surface area (Å²) in [5.74, 6) is -0.346. The number of nitrogens with zero attached hydrogens (tertiary/aromatic N) is 1. The van der Waals surface area contributed by atoms with Crippen LogP contribution in [0, 0.1) is 0 Å². The summed E-state index contributed by atoms with van der Waals surface area (Å²) >= 11 is 1.09. The summed E-state index contributed by atoms with van der Waals surface area (Å²) in [6.45, 7) is 3.95. The van der Waals surface area contributed by atoms with Gasteiger partial charge in [-0.25, -0.2) is 4.79 Å². The van der Waals surface area contributed by atoms with Crippen molar-refractivity contribution in [1.82, 2.24) is 10.2 Å². The highest BCUT2D eigenvalue weighted by Crippen LogP contribution is 2.32. The molecule has 194 valence electrons. The van der Waals surface area contributed by atoms with E-state index in [4.69, 9.17) is 14.6 Å². The number of amides is 1. The smallest absolute Gasteiger partial charge is 0.337 e. The Hall–Kier alpha value is -3.37. The molecule has 1 aliphatic heterocycles. The van der Waals surface area contributed by atoms with Crippen LogP contribution in [0.4, 0.5) is 0 Å². The quantitative estimate of drug-likeness (QED) is 0.302.